The highest BCUT2D eigenvalue weighted by atomic mass is 28.1. The number of hydrogen-bond acceptors (Lipinski definition) is 1. The van der Waals surface area contributed by atoms with E-state index in [1.165, 1.54) is 46.4 Å². The molecule has 0 spiro atoms. The molecule has 2 unspecified atom stereocenters. The quantitative estimate of drug-likeness (QED) is 0.507. The normalized spacial score (nSPS) is 22.4. The summed E-state index contributed by atoms with van der Waals surface area (Å²) in [5.74, 6) is 2.64. The zero-order valence-electron chi connectivity index (χ0n) is 14.1. The van der Waals surface area contributed by atoms with Crippen molar-refractivity contribution < 1.29 is 4.74 Å². The van der Waals surface area contributed by atoms with E-state index in [0.29, 0.717) is 0 Å². The van der Waals surface area contributed by atoms with Gasteiger partial charge >= 0.3 is 0 Å². The summed E-state index contributed by atoms with van der Waals surface area (Å²) in [6, 6.07) is 17.6. The van der Waals surface area contributed by atoms with Crippen LogP contribution in [0.25, 0.3) is 27.1 Å². The van der Waals surface area contributed by atoms with Crippen molar-refractivity contribution in [2.24, 2.45) is 11.8 Å². The monoisotopic (exact) mass is 330 g/mol. The first-order chi connectivity index (χ1) is 11.9. The molecule has 24 heavy (non-hydrogen) atoms. The third kappa shape index (κ3) is 1.99. The van der Waals surface area contributed by atoms with Gasteiger partial charge in [0, 0.05) is 10.8 Å². The van der Waals surface area contributed by atoms with Gasteiger partial charge in [-0.3, -0.25) is 0 Å². The summed E-state index contributed by atoms with van der Waals surface area (Å²) < 4.78 is 6.15. The molecule has 2 heteroatoms. The molecular weight excluding hydrogens is 308 g/mol. The van der Waals surface area contributed by atoms with Crippen LogP contribution in [-0.4, -0.2) is 16.5 Å². The molecule has 5 rings (SSSR count). The predicted octanol–water partition coefficient (Wildman–Crippen LogP) is 4.51. The van der Waals surface area contributed by atoms with Gasteiger partial charge in [0.15, 0.2) is 0 Å². The number of allylic oxidation sites excluding steroid dienone is 2. The third-order valence-electron chi connectivity index (χ3n) is 5.79. The maximum Gasteiger partial charge on any atom is 0.134 e. The Balaban J connectivity index is 1.91. The van der Waals surface area contributed by atoms with Crippen LogP contribution in [0.5, 0.6) is 5.75 Å². The van der Waals surface area contributed by atoms with Crippen LogP contribution in [0, 0.1) is 11.8 Å². The fraction of sp³-hybridized carbons (Fsp3) is 0.273. The first-order valence-corrected chi connectivity index (χ1v) is 10.6. The van der Waals surface area contributed by atoms with E-state index in [1.54, 1.807) is 5.57 Å². The van der Waals surface area contributed by atoms with Crippen molar-refractivity contribution in [3.8, 4) is 5.75 Å². The lowest BCUT2D eigenvalue weighted by Crippen LogP contribution is -2.02. The number of hydrogen-bond donors (Lipinski definition) is 0. The van der Waals surface area contributed by atoms with Gasteiger partial charge in [-0.15, -0.1) is 0 Å². The second-order valence-electron chi connectivity index (χ2n) is 7.12. The van der Waals surface area contributed by atoms with E-state index in [4.69, 9.17) is 4.74 Å². The summed E-state index contributed by atoms with van der Waals surface area (Å²) in [6.07, 6.45) is 7.50. The number of ether oxygens (including phenoxy) is 1. The molecule has 0 aromatic heterocycles. The van der Waals surface area contributed by atoms with E-state index in [2.05, 4.69) is 54.6 Å². The minimum absolute atomic E-state index is 0.757. The summed E-state index contributed by atoms with van der Waals surface area (Å²) in [7, 11) is 1.05. The molecule has 0 heterocycles. The summed E-state index contributed by atoms with van der Waals surface area (Å²) in [4.78, 5) is 0. The van der Waals surface area contributed by atoms with Gasteiger partial charge in [0.2, 0.25) is 0 Å². The van der Waals surface area contributed by atoms with Crippen molar-refractivity contribution in [1.82, 2.24) is 0 Å². The lowest BCUT2D eigenvalue weighted by Gasteiger charge is -2.21. The molecule has 3 aromatic rings. The van der Waals surface area contributed by atoms with E-state index in [-0.39, 0.29) is 0 Å². The lowest BCUT2D eigenvalue weighted by atomic mass is 9.85. The molecule has 2 aliphatic carbocycles. The number of fused-ring (bicyclic) bond motifs is 4. The Hall–Kier alpha value is -2.06. The largest absolute Gasteiger partial charge is 0.497 e. The van der Waals surface area contributed by atoms with Gasteiger partial charge in [0.05, 0.1) is 16.5 Å². The van der Waals surface area contributed by atoms with Crippen LogP contribution in [0.15, 0.2) is 54.6 Å². The van der Waals surface area contributed by atoms with Crippen LogP contribution in [0.4, 0.5) is 0 Å². The van der Waals surface area contributed by atoms with Crippen LogP contribution in [0.2, 0.25) is 0 Å². The van der Waals surface area contributed by atoms with Crippen molar-refractivity contribution in [1.29, 1.82) is 0 Å². The average molecular weight is 331 g/mol. The zero-order valence-corrected chi connectivity index (χ0v) is 16.1. The molecule has 0 amide bonds. The van der Waals surface area contributed by atoms with E-state index in [1.807, 2.05) is 0 Å². The third-order valence-corrected chi connectivity index (χ3v) is 6.08. The van der Waals surface area contributed by atoms with Crippen LogP contribution >= 0.6 is 0 Å². The Morgan fingerprint density at radius 2 is 1.50 bits per heavy atom. The molecular formula is C22H22OSi. The van der Waals surface area contributed by atoms with Crippen molar-refractivity contribution >= 4 is 37.4 Å². The van der Waals surface area contributed by atoms with Gasteiger partial charge in [-0.25, -0.2) is 0 Å². The average Bonchev–Trinajstić information content (AvgIpc) is 3.25. The van der Waals surface area contributed by atoms with Crippen molar-refractivity contribution in [2.75, 3.05) is 6.23 Å². The molecule has 1 nitrogen and oxygen atoms in total. The lowest BCUT2D eigenvalue weighted by molar-refractivity contribution is 0.396. The van der Waals surface area contributed by atoms with Gasteiger partial charge in [-0.05, 0) is 53.0 Å². The molecule has 0 aliphatic heterocycles. The highest BCUT2D eigenvalue weighted by molar-refractivity contribution is 6.14. The van der Waals surface area contributed by atoms with E-state index < -0.39 is 0 Å². The number of rotatable bonds is 3. The molecule has 0 N–H and O–H groups in total. The minimum Gasteiger partial charge on any atom is -0.497 e. The Morgan fingerprint density at radius 3 is 2.00 bits per heavy atom. The van der Waals surface area contributed by atoms with Gasteiger partial charge in [0.1, 0.15) is 5.75 Å². The zero-order chi connectivity index (χ0) is 16.1. The highest BCUT2D eigenvalue weighted by Gasteiger charge is 2.34. The topological polar surface area (TPSA) is 9.23 Å². The summed E-state index contributed by atoms with van der Waals surface area (Å²) in [5, 5.41) is 5.26. The van der Waals surface area contributed by atoms with Crippen LogP contribution in [-0.2, 0) is 0 Å². The Bertz CT molecular complexity index is 915. The minimum atomic E-state index is 0.757. The molecule has 0 radical (unpaired) electrons. The first kappa shape index (κ1) is 14.3. The van der Waals surface area contributed by atoms with Crippen molar-refractivity contribution in [3.05, 3.63) is 60.2 Å². The molecule has 1 fully saturated rings. The second kappa shape index (κ2) is 5.49. The van der Waals surface area contributed by atoms with Crippen LogP contribution < -0.4 is 4.74 Å². The van der Waals surface area contributed by atoms with Gasteiger partial charge in [-0.1, -0.05) is 54.6 Å². The SMILES string of the molecule is [SiH3]COc1c2ccccc2c(C2=CC3CCC2C3)c2ccccc12. The Labute approximate surface area is 145 Å². The molecule has 0 saturated heterocycles. The Morgan fingerprint density at radius 1 is 0.875 bits per heavy atom. The molecule has 2 aliphatic rings. The molecule has 120 valence electrons. The molecule has 2 atom stereocenters. The predicted molar refractivity (Wildman–Crippen MR) is 106 cm³/mol. The van der Waals surface area contributed by atoms with E-state index in [0.717, 1.165) is 34.1 Å². The summed E-state index contributed by atoms with van der Waals surface area (Å²) in [5.41, 5.74) is 3.06. The standard InChI is InChI=1S/C22H22OSi/c24-13-23-22-18-7-3-1-5-16(18)21(17-6-2-4-8-19(17)22)20-12-14-9-10-15(20)11-14/h1-8,12,14-15H,9-11,13H2,24H3. The highest BCUT2D eigenvalue weighted by Crippen LogP contribution is 2.52. The van der Waals surface area contributed by atoms with Crippen molar-refractivity contribution in [2.45, 2.75) is 19.3 Å². The van der Waals surface area contributed by atoms with E-state index in [9.17, 15) is 0 Å². The molecule has 1 saturated carbocycles. The van der Waals surface area contributed by atoms with Gasteiger partial charge in [-0.2, -0.15) is 0 Å². The van der Waals surface area contributed by atoms with Crippen molar-refractivity contribution in [3.63, 3.8) is 0 Å². The second-order valence-corrected chi connectivity index (χ2v) is 7.70. The fourth-order valence-corrected chi connectivity index (χ4v) is 5.12. The maximum atomic E-state index is 6.15. The summed E-state index contributed by atoms with van der Waals surface area (Å²) >= 11 is 0. The first-order valence-electron chi connectivity index (χ1n) is 9.15. The summed E-state index contributed by atoms with van der Waals surface area (Å²) in [6.45, 7) is 0. The number of benzene rings is 3. The van der Waals surface area contributed by atoms with Gasteiger partial charge in [0.25, 0.3) is 0 Å². The smallest absolute Gasteiger partial charge is 0.134 e. The van der Waals surface area contributed by atoms with Crippen LogP contribution in [0.1, 0.15) is 24.8 Å². The molecule has 2 bridgehead atoms. The maximum absolute atomic E-state index is 6.15. The Kier molecular flexibility index (Phi) is 3.27. The van der Waals surface area contributed by atoms with Crippen LogP contribution in [0.3, 0.4) is 0 Å². The molecule has 3 aromatic carbocycles. The fourth-order valence-electron chi connectivity index (χ4n) is 4.83. The van der Waals surface area contributed by atoms with Gasteiger partial charge < -0.3 is 4.74 Å². The van der Waals surface area contributed by atoms with E-state index >= 15 is 0 Å².